The third kappa shape index (κ3) is 4.51. The van der Waals surface area contributed by atoms with E-state index in [1.807, 2.05) is 91.0 Å². The minimum Gasteiger partial charge on any atom is -0.240 e. The first-order valence-electron chi connectivity index (χ1n) is 9.18. The number of halogens is 1. The van der Waals surface area contributed by atoms with Crippen LogP contribution in [0.5, 0.6) is 0 Å². The van der Waals surface area contributed by atoms with Gasteiger partial charge in [0.05, 0.1) is 11.3 Å². The first kappa shape index (κ1) is 19.3. The van der Waals surface area contributed by atoms with Crippen LogP contribution >= 0.6 is 23.4 Å². The fourth-order valence-electron chi connectivity index (χ4n) is 3.11. The standard InChI is InChI=1S/C25H17ClN2S/c26-21-13-7-8-18(14-21)17-29-25-23(16-27)22(19-9-3-1-4-10-19)15-24(28-25)20-11-5-2-6-12-20/h1-15H,17H2. The Hall–Kier alpha value is -3.06. The van der Waals surface area contributed by atoms with E-state index in [4.69, 9.17) is 16.6 Å². The molecule has 4 rings (SSSR count). The molecular formula is C25H17ClN2S. The fraction of sp³-hybridized carbons (Fsp3) is 0.0400. The van der Waals surface area contributed by atoms with Crippen molar-refractivity contribution in [1.82, 2.24) is 4.98 Å². The van der Waals surface area contributed by atoms with Gasteiger partial charge in [-0.2, -0.15) is 5.26 Å². The quantitative estimate of drug-likeness (QED) is 0.324. The van der Waals surface area contributed by atoms with Crippen LogP contribution in [0.25, 0.3) is 22.4 Å². The molecule has 4 aromatic rings. The largest absolute Gasteiger partial charge is 0.240 e. The fourth-order valence-corrected chi connectivity index (χ4v) is 4.27. The molecule has 0 atom stereocenters. The Labute approximate surface area is 179 Å². The molecule has 29 heavy (non-hydrogen) atoms. The molecule has 0 radical (unpaired) electrons. The van der Waals surface area contributed by atoms with Gasteiger partial charge in [-0.25, -0.2) is 4.98 Å². The summed E-state index contributed by atoms with van der Waals surface area (Å²) in [6, 6.07) is 32.2. The smallest absolute Gasteiger partial charge is 0.115 e. The lowest BCUT2D eigenvalue weighted by Crippen LogP contribution is -1.96. The molecule has 0 saturated heterocycles. The molecule has 2 nitrogen and oxygen atoms in total. The number of rotatable bonds is 5. The zero-order chi connectivity index (χ0) is 20.1. The summed E-state index contributed by atoms with van der Waals surface area (Å²) in [7, 11) is 0. The molecule has 1 aromatic heterocycles. The molecule has 140 valence electrons. The van der Waals surface area contributed by atoms with Crippen LogP contribution < -0.4 is 0 Å². The molecule has 1 heterocycles. The van der Waals surface area contributed by atoms with Gasteiger partial charge in [0, 0.05) is 21.9 Å². The van der Waals surface area contributed by atoms with Gasteiger partial charge < -0.3 is 0 Å². The van der Waals surface area contributed by atoms with Crippen molar-refractivity contribution < 1.29 is 0 Å². The van der Waals surface area contributed by atoms with E-state index in [-0.39, 0.29) is 0 Å². The van der Waals surface area contributed by atoms with Crippen molar-refractivity contribution in [3.8, 4) is 28.5 Å². The van der Waals surface area contributed by atoms with Crippen molar-refractivity contribution in [3.63, 3.8) is 0 Å². The second-order valence-electron chi connectivity index (χ2n) is 6.50. The summed E-state index contributed by atoms with van der Waals surface area (Å²) in [6.45, 7) is 0. The van der Waals surface area contributed by atoms with Crippen LogP contribution in [0.2, 0.25) is 5.02 Å². The molecule has 0 aliphatic carbocycles. The Morgan fingerprint density at radius 3 is 2.17 bits per heavy atom. The van der Waals surface area contributed by atoms with Gasteiger partial charge in [-0.3, -0.25) is 0 Å². The topological polar surface area (TPSA) is 36.7 Å². The lowest BCUT2D eigenvalue weighted by molar-refractivity contribution is 1.12. The Morgan fingerprint density at radius 1 is 0.828 bits per heavy atom. The predicted molar refractivity (Wildman–Crippen MR) is 121 cm³/mol. The lowest BCUT2D eigenvalue weighted by Gasteiger charge is -2.13. The molecule has 0 aliphatic heterocycles. The molecule has 3 aromatic carbocycles. The Balaban J connectivity index is 1.81. The van der Waals surface area contributed by atoms with E-state index in [9.17, 15) is 5.26 Å². The number of hydrogen-bond donors (Lipinski definition) is 0. The van der Waals surface area contributed by atoms with Gasteiger partial charge >= 0.3 is 0 Å². The summed E-state index contributed by atoms with van der Waals surface area (Å²) < 4.78 is 0. The third-order valence-electron chi connectivity index (χ3n) is 4.52. The van der Waals surface area contributed by atoms with Crippen LogP contribution in [0, 0.1) is 11.3 Å². The van der Waals surface area contributed by atoms with Gasteiger partial charge in [-0.15, -0.1) is 11.8 Å². The summed E-state index contributed by atoms with van der Waals surface area (Å²) in [5.41, 5.74) is 5.49. The van der Waals surface area contributed by atoms with E-state index in [2.05, 4.69) is 6.07 Å². The van der Waals surface area contributed by atoms with Crippen molar-refractivity contribution >= 4 is 23.4 Å². The number of hydrogen-bond acceptors (Lipinski definition) is 3. The highest BCUT2D eigenvalue weighted by Gasteiger charge is 2.16. The molecule has 0 aliphatic rings. The van der Waals surface area contributed by atoms with Crippen LogP contribution in [0.1, 0.15) is 11.1 Å². The second kappa shape index (κ2) is 8.96. The number of nitriles is 1. The van der Waals surface area contributed by atoms with E-state index >= 15 is 0 Å². The van der Waals surface area contributed by atoms with Crippen molar-refractivity contribution in [2.45, 2.75) is 10.8 Å². The summed E-state index contributed by atoms with van der Waals surface area (Å²) in [5.74, 6) is 0.689. The number of pyridine rings is 1. The monoisotopic (exact) mass is 412 g/mol. The van der Waals surface area contributed by atoms with Gasteiger partial charge in [0.1, 0.15) is 11.1 Å². The summed E-state index contributed by atoms with van der Waals surface area (Å²) in [5, 5.41) is 11.4. The van der Waals surface area contributed by atoms with Gasteiger partial charge in [-0.1, -0.05) is 84.4 Å². The van der Waals surface area contributed by atoms with Gasteiger partial charge in [0.15, 0.2) is 0 Å². The van der Waals surface area contributed by atoms with E-state index in [0.717, 1.165) is 33.0 Å². The Bertz CT molecular complexity index is 1170. The van der Waals surface area contributed by atoms with Crippen LogP contribution in [-0.4, -0.2) is 4.98 Å². The van der Waals surface area contributed by atoms with E-state index in [1.165, 1.54) is 0 Å². The minimum absolute atomic E-state index is 0.600. The maximum Gasteiger partial charge on any atom is 0.115 e. The second-order valence-corrected chi connectivity index (χ2v) is 7.90. The van der Waals surface area contributed by atoms with Crippen LogP contribution in [0.4, 0.5) is 0 Å². The molecule has 0 saturated carbocycles. The maximum absolute atomic E-state index is 9.94. The van der Waals surface area contributed by atoms with E-state index in [1.54, 1.807) is 11.8 Å². The minimum atomic E-state index is 0.600. The van der Waals surface area contributed by atoms with Crippen molar-refractivity contribution in [2.75, 3.05) is 0 Å². The average molecular weight is 413 g/mol. The number of thioether (sulfide) groups is 1. The first-order valence-corrected chi connectivity index (χ1v) is 10.5. The maximum atomic E-state index is 9.94. The first-order chi connectivity index (χ1) is 14.2. The van der Waals surface area contributed by atoms with Gasteiger partial charge in [0.25, 0.3) is 0 Å². The molecule has 0 fully saturated rings. The average Bonchev–Trinajstić information content (AvgIpc) is 2.78. The molecule has 0 unspecified atom stereocenters. The highest BCUT2D eigenvalue weighted by Crippen LogP contribution is 2.35. The van der Waals surface area contributed by atoms with Crippen LogP contribution in [0.15, 0.2) is 96.0 Å². The predicted octanol–water partition coefficient (Wildman–Crippen LogP) is 7.23. The molecule has 0 amide bonds. The molecule has 0 bridgehead atoms. The highest BCUT2D eigenvalue weighted by atomic mass is 35.5. The molecule has 0 N–H and O–H groups in total. The molecule has 0 spiro atoms. The Kier molecular flexibility index (Phi) is 5.95. The zero-order valence-electron chi connectivity index (χ0n) is 15.5. The van der Waals surface area contributed by atoms with Crippen molar-refractivity contribution in [3.05, 3.63) is 107 Å². The number of nitrogens with zero attached hydrogens (tertiary/aromatic N) is 2. The summed E-state index contributed by atoms with van der Waals surface area (Å²) in [6.07, 6.45) is 0. The third-order valence-corrected chi connectivity index (χ3v) is 5.80. The van der Waals surface area contributed by atoms with Gasteiger partial charge in [-0.05, 0) is 29.3 Å². The SMILES string of the molecule is N#Cc1c(-c2ccccc2)cc(-c2ccccc2)nc1SCc1cccc(Cl)c1. The number of benzene rings is 3. The zero-order valence-corrected chi connectivity index (χ0v) is 17.1. The lowest BCUT2D eigenvalue weighted by atomic mass is 9.99. The highest BCUT2D eigenvalue weighted by molar-refractivity contribution is 7.98. The number of aromatic nitrogens is 1. The molecule has 4 heteroatoms. The molecular weight excluding hydrogens is 396 g/mol. The van der Waals surface area contributed by atoms with E-state index < -0.39 is 0 Å². The normalized spacial score (nSPS) is 10.5. The van der Waals surface area contributed by atoms with Crippen molar-refractivity contribution in [2.24, 2.45) is 0 Å². The van der Waals surface area contributed by atoms with Crippen molar-refractivity contribution in [1.29, 1.82) is 5.26 Å². The summed E-state index contributed by atoms with van der Waals surface area (Å²) in [4.78, 5) is 4.84. The van der Waals surface area contributed by atoms with E-state index in [0.29, 0.717) is 16.3 Å². The summed E-state index contributed by atoms with van der Waals surface area (Å²) >= 11 is 7.68. The Morgan fingerprint density at radius 2 is 1.52 bits per heavy atom. The van der Waals surface area contributed by atoms with Gasteiger partial charge in [0.2, 0.25) is 0 Å². The van der Waals surface area contributed by atoms with Crippen LogP contribution in [0.3, 0.4) is 0 Å². The van der Waals surface area contributed by atoms with Crippen LogP contribution in [-0.2, 0) is 5.75 Å².